The highest BCUT2D eigenvalue weighted by Gasteiger charge is 2.50. The summed E-state index contributed by atoms with van der Waals surface area (Å²) in [5, 5.41) is 5.39. The summed E-state index contributed by atoms with van der Waals surface area (Å²) in [6.45, 7) is 0. The van der Waals surface area contributed by atoms with E-state index in [-0.39, 0.29) is 12.1 Å². The number of nitrogens with two attached hydrogens (primary N) is 1. The number of primary amides is 1. The number of hydrogen-bond donors (Lipinski definition) is 2. The van der Waals surface area contributed by atoms with Gasteiger partial charge in [-0.25, -0.2) is 0 Å². The molecule has 1 amide bonds. The average Bonchev–Trinajstić information content (AvgIpc) is 3.06. The van der Waals surface area contributed by atoms with Gasteiger partial charge in [0, 0.05) is 28.2 Å². The van der Waals surface area contributed by atoms with Crippen molar-refractivity contribution in [3.8, 4) is 0 Å². The quantitative estimate of drug-likeness (QED) is 0.604. The Hall–Kier alpha value is -1.88. The molecule has 1 aliphatic carbocycles. The third-order valence-electron chi connectivity index (χ3n) is 6.34. The van der Waals surface area contributed by atoms with Gasteiger partial charge in [-0.15, -0.1) is 0 Å². The molecule has 2 aromatic carbocycles. The molecule has 3 N–H and O–H groups in total. The maximum absolute atomic E-state index is 12.7. The first kappa shape index (κ1) is 21.4. The van der Waals surface area contributed by atoms with Gasteiger partial charge in [0.05, 0.1) is 21.8 Å². The van der Waals surface area contributed by atoms with E-state index in [1.165, 1.54) is 0 Å². The molecule has 0 aromatic heterocycles. The molecule has 1 unspecified atom stereocenters. The predicted molar refractivity (Wildman–Crippen MR) is 124 cm³/mol. The summed E-state index contributed by atoms with van der Waals surface area (Å²) < 4.78 is 0. The summed E-state index contributed by atoms with van der Waals surface area (Å²) in [6, 6.07) is 13.1. The fraction of sp³-hybridized carbons (Fsp3) is 0.348. The maximum atomic E-state index is 12.7. The standard InChI is InChI=1S/C23H24Cl3N3O/c1-29-20(14-5-7-15(24)8-6-14)19(17-10-9-16(25)13-18(17)26)28-22(29)23(21(27)30)11-3-2-4-12-23/h5-10,13,22,28H,2-4,11-12H2,1H3,(H2,27,30). The average molecular weight is 465 g/mol. The molecule has 1 aliphatic heterocycles. The second-order valence-electron chi connectivity index (χ2n) is 8.09. The molecular weight excluding hydrogens is 441 g/mol. The largest absolute Gasteiger partial charge is 0.369 e. The Bertz CT molecular complexity index is 997. The SMILES string of the molecule is CN1C(c2ccc(Cl)cc2)=C(c2ccc(Cl)cc2Cl)NC1C1(C(N)=O)CCCCC1. The number of nitrogens with one attached hydrogen (secondary N) is 1. The summed E-state index contributed by atoms with van der Waals surface area (Å²) in [5.74, 6) is -0.259. The van der Waals surface area contributed by atoms with Crippen LogP contribution in [0.4, 0.5) is 0 Å². The molecule has 2 aliphatic rings. The van der Waals surface area contributed by atoms with Gasteiger partial charge in [-0.1, -0.05) is 66.2 Å². The van der Waals surface area contributed by atoms with Crippen LogP contribution in [0.3, 0.4) is 0 Å². The first-order chi connectivity index (χ1) is 14.3. The van der Waals surface area contributed by atoms with Gasteiger partial charge in [-0.2, -0.15) is 0 Å². The molecule has 2 aromatic rings. The van der Waals surface area contributed by atoms with Crippen molar-refractivity contribution >= 4 is 52.1 Å². The fourth-order valence-electron chi connectivity index (χ4n) is 4.81. The van der Waals surface area contributed by atoms with Crippen LogP contribution in [0.15, 0.2) is 42.5 Å². The molecule has 0 bridgehead atoms. The molecule has 158 valence electrons. The number of rotatable bonds is 4. The second kappa shape index (κ2) is 8.33. The number of benzene rings is 2. The van der Waals surface area contributed by atoms with Gasteiger partial charge in [0.25, 0.3) is 0 Å². The number of hydrogen-bond acceptors (Lipinski definition) is 3. The van der Waals surface area contributed by atoms with Crippen LogP contribution in [0.2, 0.25) is 15.1 Å². The van der Waals surface area contributed by atoms with Crippen LogP contribution in [-0.4, -0.2) is 24.0 Å². The van der Waals surface area contributed by atoms with Gasteiger partial charge in [0.1, 0.15) is 6.17 Å². The number of carbonyl (C=O) groups excluding carboxylic acids is 1. The first-order valence-corrected chi connectivity index (χ1v) is 11.2. The predicted octanol–water partition coefficient (Wildman–Crippen LogP) is 5.77. The van der Waals surface area contributed by atoms with E-state index < -0.39 is 5.41 Å². The van der Waals surface area contributed by atoms with Gasteiger partial charge in [-0.3, -0.25) is 4.79 Å². The molecule has 0 saturated heterocycles. The number of halogens is 3. The molecular formula is C23H24Cl3N3O. The van der Waals surface area contributed by atoms with Crippen molar-refractivity contribution in [1.29, 1.82) is 0 Å². The third-order valence-corrected chi connectivity index (χ3v) is 7.14. The molecule has 0 radical (unpaired) electrons. The summed E-state index contributed by atoms with van der Waals surface area (Å²) in [4.78, 5) is 14.9. The van der Waals surface area contributed by atoms with Crippen molar-refractivity contribution in [3.05, 3.63) is 68.7 Å². The third kappa shape index (κ3) is 3.66. The molecule has 0 spiro atoms. The molecule has 1 fully saturated rings. The molecule has 30 heavy (non-hydrogen) atoms. The highest BCUT2D eigenvalue weighted by atomic mass is 35.5. The van der Waals surface area contributed by atoms with Crippen molar-refractivity contribution in [2.45, 2.75) is 38.3 Å². The molecule has 4 rings (SSSR count). The minimum atomic E-state index is -0.647. The van der Waals surface area contributed by atoms with E-state index in [2.05, 4.69) is 10.2 Å². The monoisotopic (exact) mass is 463 g/mol. The van der Waals surface area contributed by atoms with Crippen LogP contribution in [0.1, 0.15) is 43.2 Å². The highest BCUT2D eigenvalue weighted by Crippen LogP contribution is 2.47. The summed E-state index contributed by atoms with van der Waals surface area (Å²) >= 11 is 18.8. The number of carbonyl (C=O) groups is 1. The lowest BCUT2D eigenvalue weighted by Crippen LogP contribution is -2.56. The van der Waals surface area contributed by atoms with Crippen molar-refractivity contribution in [1.82, 2.24) is 10.2 Å². The van der Waals surface area contributed by atoms with Crippen molar-refractivity contribution in [3.63, 3.8) is 0 Å². The van der Waals surface area contributed by atoms with Crippen LogP contribution in [0.5, 0.6) is 0 Å². The van der Waals surface area contributed by atoms with E-state index in [4.69, 9.17) is 40.5 Å². The zero-order valence-electron chi connectivity index (χ0n) is 16.7. The summed E-state index contributed by atoms with van der Waals surface area (Å²) in [5.41, 5.74) is 8.97. The number of nitrogens with zero attached hydrogens (tertiary/aromatic N) is 1. The minimum absolute atomic E-state index is 0.259. The lowest BCUT2D eigenvalue weighted by molar-refractivity contribution is -0.133. The van der Waals surface area contributed by atoms with Gasteiger partial charge in [0.15, 0.2) is 0 Å². The Balaban J connectivity index is 1.86. The van der Waals surface area contributed by atoms with E-state index in [0.717, 1.165) is 54.6 Å². The Morgan fingerprint density at radius 3 is 2.27 bits per heavy atom. The van der Waals surface area contributed by atoms with Gasteiger partial charge >= 0.3 is 0 Å². The zero-order chi connectivity index (χ0) is 21.5. The Kier molecular flexibility index (Phi) is 5.93. The second-order valence-corrected chi connectivity index (χ2v) is 9.37. The van der Waals surface area contributed by atoms with Crippen LogP contribution in [0.25, 0.3) is 11.4 Å². The Morgan fingerprint density at radius 2 is 1.67 bits per heavy atom. The van der Waals surface area contributed by atoms with E-state index in [1.807, 2.05) is 43.4 Å². The number of amides is 1. The summed E-state index contributed by atoms with van der Waals surface area (Å²) in [7, 11) is 2.00. The van der Waals surface area contributed by atoms with Crippen molar-refractivity contribution < 1.29 is 4.79 Å². The smallest absolute Gasteiger partial charge is 0.227 e. The topological polar surface area (TPSA) is 58.4 Å². The minimum Gasteiger partial charge on any atom is -0.369 e. The van der Waals surface area contributed by atoms with Crippen LogP contribution >= 0.6 is 34.8 Å². The molecule has 7 heteroatoms. The van der Waals surface area contributed by atoms with Crippen LogP contribution < -0.4 is 11.1 Å². The normalized spacial score (nSPS) is 20.9. The first-order valence-electron chi connectivity index (χ1n) is 10.1. The van der Waals surface area contributed by atoms with Gasteiger partial charge < -0.3 is 16.0 Å². The molecule has 4 nitrogen and oxygen atoms in total. The molecule has 1 saturated carbocycles. The van der Waals surface area contributed by atoms with Gasteiger partial charge in [0.2, 0.25) is 5.91 Å². The van der Waals surface area contributed by atoms with E-state index in [1.54, 1.807) is 6.07 Å². The fourth-order valence-corrected chi connectivity index (χ4v) is 5.44. The Labute approximate surface area is 192 Å². The van der Waals surface area contributed by atoms with Crippen LogP contribution in [-0.2, 0) is 4.79 Å². The van der Waals surface area contributed by atoms with Crippen molar-refractivity contribution in [2.75, 3.05) is 7.05 Å². The lowest BCUT2D eigenvalue weighted by Gasteiger charge is -2.43. The van der Waals surface area contributed by atoms with Crippen molar-refractivity contribution in [2.24, 2.45) is 11.1 Å². The Morgan fingerprint density at radius 1 is 1.03 bits per heavy atom. The summed E-state index contributed by atoms with van der Waals surface area (Å²) in [6.07, 6.45) is 4.37. The van der Waals surface area contributed by atoms with E-state index >= 15 is 0 Å². The molecule has 1 atom stereocenters. The van der Waals surface area contributed by atoms with E-state index in [0.29, 0.717) is 15.1 Å². The van der Waals surface area contributed by atoms with Crippen LogP contribution in [0, 0.1) is 5.41 Å². The van der Waals surface area contributed by atoms with Gasteiger partial charge in [-0.05, 0) is 43.2 Å². The molecule has 1 heterocycles. The highest BCUT2D eigenvalue weighted by molar-refractivity contribution is 6.36. The maximum Gasteiger partial charge on any atom is 0.227 e. The van der Waals surface area contributed by atoms with E-state index in [9.17, 15) is 4.79 Å². The zero-order valence-corrected chi connectivity index (χ0v) is 19.0. The lowest BCUT2D eigenvalue weighted by atomic mass is 9.70.